The number of aromatic nitrogens is 4. The van der Waals surface area contributed by atoms with Crippen LogP contribution in [-0.4, -0.2) is 19.9 Å². The molecule has 0 atom stereocenters. The number of nitrogens with zero attached hydrogens (tertiary/aromatic N) is 4. The fourth-order valence-electron chi connectivity index (χ4n) is 7.48. The number of furan rings is 2. The molecule has 0 radical (unpaired) electrons. The standard InChI is InChI=1S/C42H22N4O2/c1-3-15-33-28(10-1)38-30(14-7-17-35(38)47-33)41-44-40(24-18-19-25-26-12-5-8-23-9-6-13-27(37(23)26)31(25)20-24)45-42(46-41)32-21-43-22-36-39(32)29-11-2-4-16-34(29)48-36/h1-22H. The second-order valence-electron chi connectivity index (χ2n) is 12.2. The number of fused-ring (bicyclic) bond motifs is 9. The third kappa shape index (κ3) is 3.51. The van der Waals surface area contributed by atoms with Gasteiger partial charge < -0.3 is 8.83 Å². The molecule has 1 aliphatic carbocycles. The molecule has 48 heavy (non-hydrogen) atoms. The zero-order chi connectivity index (χ0) is 31.3. The van der Waals surface area contributed by atoms with Crippen LogP contribution in [0.15, 0.2) is 143 Å². The Morgan fingerprint density at radius 3 is 1.77 bits per heavy atom. The van der Waals surface area contributed by atoms with Crippen molar-refractivity contribution in [3.63, 3.8) is 0 Å². The monoisotopic (exact) mass is 614 g/mol. The van der Waals surface area contributed by atoms with Gasteiger partial charge in [-0.1, -0.05) is 97.1 Å². The third-order valence-corrected chi connectivity index (χ3v) is 9.57. The van der Waals surface area contributed by atoms with Crippen LogP contribution in [0.25, 0.3) is 111 Å². The van der Waals surface area contributed by atoms with Gasteiger partial charge in [-0.15, -0.1) is 0 Å². The van der Waals surface area contributed by atoms with E-state index < -0.39 is 0 Å². The number of rotatable bonds is 3. The Morgan fingerprint density at radius 1 is 0.375 bits per heavy atom. The Hall–Kier alpha value is -6.66. The first-order valence-corrected chi connectivity index (χ1v) is 15.9. The Kier molecular flexibility index (Phi) is 5.02. The predicted molar refractivity (Wildman–Crippen MR) is 190 cm³/mol. The number of para-hydroxylation sites is 2. The van der Waals surface area contributed by atoms with Crippen molar-refractivity contribution >= 4 is 54.6 Å². The minimum Gasteiger partial charge on any atom is -0.456 e. The smallest absolute Gasteiger partial charge is 0.166 e. The molecule has 0 bridgehead atoms. The lowest BCUT2D eigenvalue weighted by Gasteiger charge is -2.11. The Bertz CT molecular complexity index is 2840. The minimum absolute atomic E-state index is 0.523. The summed E-state index contributed by atoms with van der Waals surface area (Å²) in [7, 11) is 0. The number of hydrogen-bond acceptors (Lipinski definition) is 6. The van der Waals surface area contributed by atoms with Gasteiger partial charge in [0.1, 0.15) is 16.7 Å². The van der Waals surface area contributed by atoms with Gasteiger partial charge in [0.25, 0.3) is 0 Å². The van der Waals surface area contributed by atoms with Crippen molar-refractivity contribution in [2.75, 3.05) is 0 Å². The third-order valence-electron chi connectivity index (χ3n) is 9.57. The van der Waals surface area contributed by atoms with Gasteiger partial charge in [0.2, 0.25) is 0 Å². The number of hydrogen-bond donors (Lipinski definition) is 0. The zero-order valence-electron chi connectivity index (χ0n) is 25.3. The molecule has 4 heterocycles. The van der Waals surface area contributed by atoms with E-state index in [0.29, 0.717) is 23.1 Å². The molecule has 0 spiro atoms. The van der Waals surface area contributed by atoms with Gasteiger partial charge in [-0.05, 0) is 57.3 Å². The summed E-state index contributed by atoms with van der Waals surface area (Å²) < 4.78 is 12.5. The van der Waals surface area contributed by atoms with Crippen molar-refractivity contribution in [3.8, 4) is 56.4 Å². The van der Waals surface area contributed by atoms with E-state index in [4.69, 9.17) is 23.8 Å². The lowest BCUT2D eigenvalue weighted by Crippen LogP contribution is -2.01. The van der Waals surface area contributed by atoms with Crippen molar-refractivity contribution in [3.05, 3.63) is 134 Å². The molecule has 0 saturated carbocycles. The highest BCUT2D eigenvalue weighted by Crippen LogP contribution is 2.48. The molecule has 6 nitrogen and oxygen atoms in total. The summed E-state index contributed by atoms with van der Waals surface area (Å²) in [6.07, 6.45) is 3.57. The first-order valence-electron chi connectivity index (χ1n) is 15.9. The highest BCUT2D eigenvalue weighted by molar-refractivity contribution is 6.16. The molecule has 0 fully saturated rings. The lowest BCUT2D eigenvalue weighted by molar-refractivity contribution is 0.667. The van der Waals surface area contributed by atoms with Crippen LogP contribution >= 0.6 is 0 Å². The fourth-order valence-corrected chi connectivity index (χ4v) is 7.48. The highest BCUT2D eigenvalue weighted by atomic mass is 16.3. The molecule has 222 valence electrons. The summed E-state index contributed by atoms with van der Waals surface area (Å²) in [4.78, 5) is 20.1. The van der Waals surface area contributed by atoms with E-state index in [1.54, 1.807) is 6.20 Å². The number of benzene rings is 6. The summed E-state index contributed by atoms with van der Waals surface area (Å²) in [5.41, 5.74) is 10.5. The topological polar surface area (TPSA) is 77.8 Å². The van der Waals surface area contributed by atoms with Gasteiger partial charge in [0, 0.05) is 44.4 Å². The SMILES string of the molecule is c1cc2c3c(cccc3c1)-c1cc(-c3nc(-c4cccc5oc6ccccc6c45)nc(-c4cncc5oc6ccccc6c45)n3)ccc1-2. The van der Waals surface area contributed by atoms with E-state index >= 15 is 0 Å². The molecule has 1 aliphatic rings. The van der Waals surface area contributed by atoms with Crippen molar-refractivity contribution in [2.45, 2.75) is 0 Å². The van der Waals surface area contributed by atoms with E-state index in [0.717, 1.165) is 55.0 Å². The molecule has 4 aromatic heterocycles. The quantitative estimate of drug-likeness (QED) is 0.197. The molecule has 10 aromatic rings. The van der Waals surface area contributed by atoms with Gasteiger partial charge in [0.15, 0.2) is 23.1 Å². The Balaban J connectivity index is 1.20. The van der Waals surface area contributed by atoms with Crippen LogP contribution in [0.4, 0.5) is 0 Å². The van der Waals surface area contributed by atoms with Crippen LogP contribution in [0, 0.1) is 0 Å². The molecular weight excluding hydrogens is 592 g/mol. The maximum Gasteiger partial charge on any atom is 0.166 e. The Morgan fingerprint density at radius 2 is 0.979 bits per heavy atom. The van der Waals surface area contributed by atoms with Crippen LogP contribution in [0.2, 0.25) is 0 Å². The van der Waals surface area contributed by atoms with Crippen LogP contribution in [0.5, 0.6) is 0 Å². The van der Waals surface area contributed by atoms with Gasteiger partial charge in [-0.2, -0.15) is 0 Å². The highest BCUT2D eigenvalue weighted by Gasteiger charge is 2.24. The van der Waals surface area contributed by atoms with E-state index in [-0.39, 0.29) is 0 Å². The maximum absolute atomic E-state index is 6.25. The summed E-state index contributed by atoms with van der Waals surface area (Å²) in [5, 5.41) is 6.41. The van der Waals surface area contributed by atoms with E-state index in [1.807, 2.05) is 54.7 Å². The maximum atomic E-state index is 6.25. The molecule has 6 aromatic carbocycles. The molecular formula is C42H22N4O2. The van der Waals surface area contributed by atoms with E-state index in [9.17, 15) is 0 Å². The molecule has 0 unspecified atom stereocenters. The normalized spacial score (nSPS) is 12.2. The number of pyridine rings is 1. The van der Waals surface area contributed by atoms with Gasteiger partial charge >= 0.3 is 0 Å². The largest absolute Gasteiger partial charge is 0.456 e. The van der Waals surface area contributed by atoms with Crippen molar-refractivity contribution in [2.24, 2.45) is 0 Å². The Labute approximate surface area is 273 Å². The second-order valence-corrected chi connectivity index (χ2v) is 12.2. The molecule has 0 N–H and O–H groups in total. The van der Waals surface area contributed by atoms with E-state index in [2.05, 4.69) is 77.8 Å². The van der Waals surface area contributed by atoms with Gasteiger partial charge in [-0.25, -0.2) is 15.0 Å². The van der Waals surface area contributed by atoms with Crippen LogP contribution in [-0.2, 0) is 0 Å². The molecule has 6 heteroatoms. The molecule has 11 rings (SSSR count). The molecule has 0 aliphatic heterocycles. The summed E-state index contributed by atoms with van der Waals surface area (Å²) in [6.45, 7) is 0. The van der Waals surface area contributed by atoms with Crippen LogP contribution < -0.4 is 0 Å². The van der Waals surface area contributed by atoms with Crippen molar-refractivity contribution in [1.82, 2.24) is 19.9 Å². The predicted octanol–water partition coefficient (Wildman–Crippen LogP) is 10.9. The second kappa shape index (κ2) is 9.44. The first kappa shape index (κ1) is 25.5. The van der Waals surface area contributed by atoms with Crippen molar-refractivity contribution in [1.29, 1.82) is 0 Å². The summed E-state index contributed by atoms with van der Waals surface area (Å²) in [6, 6.07) is 41.7. The van der Waals surface area contributed by atoms with Gasteiger partial charge in [0.05, 0.1) is 6.20 Å². The fraction of sp³-hybridized carbons (Fsp3) is 0. The van der Waals surface area contributed by atoms with Crippen LogP contribution in [0.3, 0.4) is 0 Å². The zero-order valence-corrected chi connectivity index (χ0v) is 25.3. The van der Waals surface area contributed by atoms with Crippen LogP contribution in [0.1, 0.15) is 0 Å². The molecule has 0 amide bonds. The molecule has 0 saturated heterocycles. The minimum atomic E-state index is 0.523. The van der Waals surface area contributed by atoms with E-state index in [1.165, 1.54) is 33.0 Å². The first-order chi connectivity index (χ1) is 23.8. The average molecular weight is 615 g/mol. The lowest BCUT2D eigenvalue weighted by atomic mass is 10.0. The van der Waals surface area contributed by atoms with Gasteiger partial charge in [-0.3, -0.25) is 4.98 Å². The average Bonchev–Trinajstić information content (AvgIpc) is 3.82. The summed E-state index contributed by atoms with van der Waals surface area (Å²) >= 11 is 0. The summed E-state index contributed by atoms with van der Waals surface area (Å²) in [5.74, 6) is 1.66. The van der Waals surface area contributed by atoms with Crippen molar-refractivity contribution < 1.29 is 8.83 Å².